The van der Waals surface area contributed by atoms with Crippen LogP contribution in [-0.4, -0.2) is 55.1 Å². The van der Waals surface area contributed by atoms with Crippen LogP contribution in [0, 0.1) is 0 Å². The van der Waals surface area contributed by atoms with Gasteiger partial charge in [-0.3, -0.25) is 4.68 Å². The number of rotatable bonds is 8. The topological polar surface area (TPSA) is 123 Å². The van der Waals surface area contributed by atoms with Crippen LogP contribution in [0.3, 0.4) is 0 Å². The number of nitrogens with zero attached hydrogens (tertiary/aromatic N) is 4. The molecule has 1 aliphatic carbocycles. The van der Waals surface area contributed by atoms with Crippen molar-refractivity contribution in [2.24, 2.45) is 7.05 Å². The van der Waals surface area contributed by atoms with Crippen LogP contribution in [0.4, 0.5) is 10.5 Å². The highest BCUT2D eigenvalue weighted by Crippen LogP contribution is 2.46. The predicted molar refractivity (Wildman–Crippen MR) is 165 cm³/mol. The first-order chi connectivity index (χ1) is 21.3. The summed E-state index contributed by atoms with van der Waals surface area (Å²) in [4.78, 5) is 27.3. The van der Waals surface area contributed by atoms with Crippen molar-refractivity contribution < 1.29 is 24.0 Å². The quantitative estimate of drug-likeness (QED) is 0.207. The van der Waals surface area contributed by atoms with Crippen LogP contribution in [0.25, 0.3) is 22.4 Å². The van der Waals surface area contributed by atoms with Gasteiger partial charge in [0.05, 0.1) is 34.5 Å². The number of ether oxygens (including phenoxy) is 1. The fourth-order valence-corrected chi connectivity index (χ4v) is 7.22. The number of hydrogen-bond acceptors (Lipinski definition) is 6. The number of hydrogen-bond donors (Lipinski definition) is 2. The van der Waals surface area contributed by atoms with E-state index in [2.05, 4.69) is 15.6 Å². The Hall–Kier alpha value is -3.86. The van der Waals surface area contributed by atoms with Gasteiger partial charge in [-0.2, -0.15) is 5.10 Å². The maximum Gasteiger partial charge on any atom is 0.336 e. The molecule has 2 bridgehead atoms. The highest BCUT2D eigenvalue weighted by molar-refractivity contribution is 6.39. The molecule has 3 aliphatic rings. The zero-order valence-electron chi connectivity index (χ0n) is 24.0. The number of benzene rings is 2. The molecule has 12 heteroatoms. The van der Waals surface area contributed by atoms with Gasteiger partial charge in [0.15, 0.2) is 0 Å². The summed E-state index contributed by atoms with van der Waals surface area (Å²) in [5.74, 6) is 0.135. The van der Waals surface area contributed by atoms with Crippen molar-refractivity contribution in [3.8, 4) is 22.4 Å². The Labute approximate surface area is 263 Å². The number of carbonyl (C=O) groups is 2. The smallest absolute Gasteiger partial charge is 0.336 e. The second-order valence-electron chi connectivity index (χ2n) is 11.8. The van der Waals surface area contributed by atoms with Crippen molar-refractivity contribution in [2.45, 2.75) is 69.2 Å². The summed E-state index contributed by atoms with van der Waals surface area (Å²) < 4.78 is 13.9. The molecular formula is C32H31Cl2N5O5. The molecule has 2 unspecified atom stereocenters. The Morgan fingerprint density at radius 2 is 1.82 bits per heavy atom. The van der Waals surface area contributed by atoms with Gasteiger partial charge >= 0.3 is 12.0 Å². The third kappa shape index (κ3) is 5.46. The third-order valence-electron chi connectivity index (χ3n) is 8.87. The molecule has 0 radical (unpaired) electrons. The SMILES string of the molecule is Cn1cc(-c2cc(NC(=O)N3C4CCC3CC(OCc3c(-c5c(Cl)cccc5Cl)noc3C3CC3)C4)ccc2C(=O)O)cn1. The minimum absolute atomic E-state index is 0.0277. The maximum absolute atomic E-state index is 13.5. The molecule has 2 N–H and O–H groups in total. The van der Waals surface area contributed by atoms with Crippen LogP contribution in [0.5, 0.6) is 0 Å². The monoisotopic (exact) mass is 635 g/mol. The average Bonchev–Trinajstić information content (AvgIpc) is 3.51. The summed E-state index contributed by atoms with van der Waals surface area (Å²) in [7, 11) is 1.77. The number of carbonyl (C=O) groups excluding carboxylic acids is 1. The van der Waals surface area contributed by atoms with Crippen LogP contribution in [0.1, 0.15) is 66.1 Å². The minimum atomic E-state index is -1.04. The van der Waals surface area contributed by atoms with Crippen LogP contribution >= 0.6 is 23.2 Å². The number of fused-ring (bicyclic) bond motifs is 2. The largest absolute Gasteiger partial charge is 0.478 e. The Balaban J connectivity index is 1.05. The van der Waals surface area contributed by atoms with E-state index in [1.807, 2.05) is 4.90 Å². The van der Waals surface area contributed by atoms with Gasteiger partial charge in [0.1, 0.15) is 11.5 Å². The number of aromatic carboxylic acids is 1. The van der Waals surface area contributed by atoms with E-state index in [4.69, 9.17) is 32.5 Å². The normalized spacial score (nSPS) is 21.1. The Bertz CT molecular complexity index is 1710. The number of aromatic nitrogens is 3. The van der Waals surface area contributed by atoms with Crippen molar-refractivity contribution in [1.29, 1.82) is 0 Å². The molecule has 2 atom stereocenters. The van der Waals surface area contributed by atoms with Gasteiger partial charge < -0.3 is 24.6 Å². The first-order valence-electron chi connectivity index (χ1n) is 14.8. The molecule has 2 aliphatic heterocycles. The lowest BCUT2D eigenvalue weighted by atomic mass is 9.99. The van der Waals surface area contributed by atoms with Gasteiger partial charge in [0.2, 0.25) is 0 Å². The van der Waals surface area contributed by atoms with Crippen LogP contribution in [0.2, 0.25) is 10.0 Å². The summed E-state index contributed by atoms with van der Waals surface area (Å²) in [6, 6.07) is 10.1. The number of halogens is 2. The van der Waals surface area contributed by atoms with E-state index in [1.54, 1.807) is 54.5 Å². The number of anilines is 1. The van der Waals surface area contributed by atoms with E-state index in [0.29, 0.717) is 50.6 Å². The van der Waals surface area contributed by atoms with Gasteiger partial charge in [-0.15, -0.1) is 0 Å². The molecule has 4 aromatic rings. The number of amides is 2. The van der Waals surface area contributed by atoms with E-state index in [-0.39, 0.29) is 29.8 Å². The fraction of sp³-hybridized carbons (Fsp3) is 0.375. The van der Waals surface area contributed by atoms with Gasteiger partial charge in [0.25, 0.3) is 0 Å². The Morgan fingerprint density at radius 3 is 2.45 bits per heavy atom. The fourth-order valence-electron chi connectivity index (χ4n) is 6.64. The first kappa shape index (κ1) is 28.9. The molecule has 0 spiro atoms. The van der Waals surface area contributed by atoms with E-state index >= 15 is 0 Å². The molecule has 2 aromatic carbocycles. The van der Waals surface area contributed by atoms with Crippen molar-refractivity contribution in [2.75, 3.05) is 5.32 Å². The summed E-state index contributed by atoms with van der Waals surface area (Å²) in [6.07, 6.45) is 8.67. The van der Waals surface area contributed by atoms with Crippen molar-refractivity contribution in [3.05, 3.63) is 75.7 Å². The van der Waals surface area contributed by atoms with Crippen molar-refractivity contribution in [3.63, 3.8) is 0 Å². The standard InChI is InChI=1S/C32H31Cl2N5O5/c1-38-15-18(14-35-38)24-11-19(7-10-23(24)31(40)41)36-32(42)39-20-8-9-21(39)13-22(12-20)43-16-25-29(37-44-30(25)17-5-6-17)28-26(33)3-2-4-27(28)34/h2-4,7,10-11,14-15,17,20-22H,5-6,8-9,12-13,16H2,1H3,(H,36,42)(H,40,41). The van der Waals surface area contributed by atoms with Gasteiger partial charge in [-0.05, 0) is 68.9 Å². The summed E-state index contributed by atoms with van der Waals surface area (Å²) >= 11 is 13.0. The number of piperidine rings is 1. The van der Waals surface area contributed by atoms with E-state index < -0.39 is 5.97 Å². The molecule has 44 heavy (non-hydrogen) atoms. The van der Waals surface area contributed by atoms with Crippen LogP contribution in [-0.2, 0) is 18.4 Å². The molecule has 2 saturated heterocycles. The van der Waals surface area contributed by atoms with E-state index in [1.165, 1.54) is 6.07 Å². The minimum Gasteiger partial charge on any atom is -0.478 e. The van der Waals surface area contributed by atoms with Crippen LogP contribution in [0.15, 0.2) is 53.3 Å². The highest BCUT2D eigenvalue weighted by Gasteiger charge is 2.44. The van der Waals surface area contributed by atoms with Crippen molar-refractivity contribution >= 4 is 40.9 Å². The molecule has 7 rings (SSSR count). The van der Waals surface area contributed by atoms with Crippen LogP contribution < -0.4 is 5.32 Å². The van der Waals surface area contributed by atoms with E-state index in [0.717, 1.165) is 49.8 Å². The molecule has 2 aromatic heterocycles. The molecular weight excluding hydrogens is 605 g/mol. The summed E-state index contributed by atoms with van der Waals surface area (Å²) in [5.41, 5.74) is 4.01. The zero-order valence-corrected chi connectivity index (χ0v) is 25.5. The summed E-state index contributed by atoms with van der Waals surface area (Å²) in [5, 5.41) is 22.3. The number of aryl methyl sites for hydroxylation is 1. The predicted octanol–water partition coefficient (Wildman–Crippen LogP) is 7.37. The second-order valence-corrected chi connectivity index (χ2v) is 12.7. The second kappa shape index (κ2) is 11.6. The molecule has 1 saturated carbocycles. The van der Waals surface area contributed by atoms with Gasteiger partial charge in [-0.25, -0.2) is 9.59 Å². The number of nitrogens with one attached hydrogen (secondary N) is 1. The molecule has 4 heterocycles. The number of urea groups is 1. The van der Waals surface area contributed by atoms with E-state index in [9.17, 15) is 14.7 Å². The van der Waals surface area contributed by atoms with Gasteiger partial charge in [-0.1, -0.05) is 34.4 Å². The number of carboxylic acids is 1. The molecule has 3 fully saturated rings. The Morgan fingerprint density at radius 1 is 1.09 bits per heavy atom. The summed E-state index contributed by atoms with van der Waals surface area (Å²) in [6.45, 7) is 0.329. The van der Waals surface area contributed by atoms with Crippen molar-refractivity contribution in [1.82, 2.24) is 19.8 Å². The molecule has 228 valence electrons. The lowest BCUT2D eigenvalue weighted by Gasteiger charge is -2.38. The molecule has 2 amide bonds. The molecule has 10 nitrogen and oxygen atoms in total. The lowest BCUT2D eigenvalue weighted by molar-refractivity contribution is -0.0158. The zero-order chi connectivity index (χ0) is 30.5. The maximum atomic E-state index is 13.5. The van der Waals surface area contributed by atoms with Gasteiger partial charge in [0, 0.05) is 59.2 Å². The highest BCUT2D eigenvalue weighted by atomic mass is 35.5. The average molecular weight is 637 g/mol. The third-order valence-corrected chi connectivity index (χ3v) is 9.50. The number of carboxylic acid groups (broad SMARTS) is 1. The first-order valence-corrected chi connectivity index (χ1v) is 15.5. The lowest BCUT2D eigenvalue weighted by Crippen LogP contribution is -2.50. The Kier molecular flexibility index (Phi) is 7.60.